The molecule has 2 rings (SSSR count). The van der Waals surface area contributed by atoms with E-state index in [1.807, 2.05) is 24.3 Å². The molecule has 1 aromatic carbocycles. The van der Waals surface area contributed by atoms with Crippen molar-refractivity contribution >= 4 is 10.1 Å². The molecule has 6 heteroatoms. The first-order valence-electron chi connectivity index (χ1n) is 6.67. The van der Waals surface area contributed by atoms with Crippen LogP contribution in [0.4, 0.5) is 0 Å². The molecule has 5 nitrogen and oxygen atoms in total. The average molecular weight is 299 g/mol. The van der Waals surface area contributed by atoms with Crippen LogP contribution in [0.1, 0.15) is 30.7 Å². The number of benzene rings is 1. The van der Waals surface area contributed by atoms with Gasteiger partial charge in [0, 0.05) is 12.0 Å². The highest BCUT2D eigenvalue weighted by atomic mass is 32.2. The molecule has 0 aromatic heterocycles. The Kier molecular flexibility index (Phi) is 4.67. The number of hydrogen-bond donors (Lipinski definition) is 1. The standard InChI is InChI=1S/C14H21NO4S/c1-18-12-5-3-4-10(8-12)13-9-11(15)6-7-14(13)19-20(2,16)17/h3-5,8,11,13-14H,6-7,9,15H2,1-2H3/t11-,13+,14-/m1/s1. The Morgan fingerprint density at radius 3 is 2.70 bits per heavy atom. The summed E-state index contributed by atoms with van der Waals surface area (Å²) in [7, 11) is -1.86. The molecule has 1 aliphatic rings. The summed E-state index contributed by atoms with van der Waals surface area (Å²) in [6.07, 6.45) is 2.88. The molecule has 0 bridgehead atoms. The van der Waals surface area contributed by atoms with Gasteiger partial charge in [0.05, 0.1) is 19.5 Å². The molecule has 0 spiro atoms. The highest BCUT2D eigenvalue weighted by Gasteiger charge is 2.33. The van der Waals surface area contributed by atoms with Crippen LogP contribution >= 0.6 is 0 Å². The summed E-state index contributed by atoms with van der Waals surface area (Å²) in [4.78, 5) is 0. The van der Waals surface area contributed by atoms with E-state index in [1.54, 1.807) is 7.11 Å². The summed E-state index contributed by atoms with van der Waals surface area (Å²) in [5, 5.41) is 0. The minimum absolute atomic E-state index is 0.0245. The van der Waals surface area contributed by atoms with Gasteiger partial charge in [-0.25, -0.2) is 0 Å². The van der Waals surface area contributed by atoms with Crippen LogP contribution in [0, 0.1) is 0 Å². The first-order valence-corrected chi connectivity index (χ1v) is 8.48. The molecule has 0 unspecified atom stereocenters. The van der Waals surface area contributed by atoms with Crippen molar-refractivity contribution < 1.29 is 17.3 Å². The second-order valence-corrected chi connectivity index (χ2v) is 6.90. The predicted octanol–water partition coefficient (Wildman–Crippen LogP) is 1.63. The van der Waals surface area contributed by atoms with E-state index in [-0.39, 0.29) is 18.1 Å². The number of ether oxygens (including phenoxy) is 1. The lowest BCUT2D eigenvalue weighted by atomic mass is 9.79. The zero-order valence-electron chi connectivity index (χ0n) is 11.8. The third-order valence-corrected chi connectivity index (χ3v) is 4.24. The topological polar surface area (TPSA) is 78.6 Å². The van der Waals surface area contributed by atoms with Gasteiger partial charge in [-0.15, -0.1) is 0 Å². The van der Waals surface area contributed by atoms with Crippen molar-refractivity contribution in [3.8, 4) is 5.75 Å². The maximum Gasteiger partial charge on any atom is 0.264 e. The van der Waals surface area contributed by atoms with Gasteiger partial charge in [0.15, 0.2) is 0 Å². The van der Waals surface area contributed by atoms with Gasteiger partial charge in [-0.2, -0.15) is 8.42 Å². The van der Waals surface area contributed by atoms with Crippen molar-refractivity contribution in [1.82, 2.24) is 0 Å². The summed E-state index contributed by atoms with van der Waals surface area (Å²) < 4.78 is 33.3. The molecular formula is C14H21NO4S. The van der Waals surface area contributed by atoms with Crippen LogP contribution in [0.2, 0.25) is 0 Å². The first kappa shape index (κ1) is 15.3. The zero-order chi connectivity index (χ0) is 14.8. The average Bonchev–Trinajstić information content (AvgIpc) is 2.39. The molecule has 1 fully saturated rings. The van der Waals surface area contributed by atoms with E-state index in [0.29, 0.717) is 12.8 Å². The molecule has 1 aliphatic carbocycles. The number of hydrogen-bond acceptors (Lipinski definition) is 5. The quantitative estimate of drug-likeness (QED) is 0.855. The van der Waals surface area contributed by atoms with Crippen molar-refractivity contribution in [2.75, 3.05) is 13.4 Å². The van der Waals surface area contributed by atoms with Gasteiger partial charge >= 0.3 is 0 Å². The van der Waals surface area contributed by atoms with Crippen molar-refractivity contribution in [3.05, 3.63) is 29.8 Å². The fourth-order valence-electron chi connectivity index (χ4n) is 2.74. The van der Waals surface area contributed by atoms with Crippen molar-refractivity contribution in [2.24, 2.45) is 5.73 Å². The summed E-state index contributed by atoms with van der Waals surface area (Å²) in [6.45, 7) is 0. The van der Waals surface area contributed by atoms with Crippen molar-refractivity contribution in [1.29, 1.82) is 0 Å². The third-order valence-electron chi connectivity index (χ3n) is 3.65. The van der Waals surface area contributed by atoms with Gasteiger partial charge in [-0.3, -0.25) is 4.18 Å². The van der Waals surface area contributed by atoms with E-state index < -0.39 is 10.1 Å². The highest BCUT2D eigenvalue weighted by molar-refractivity contribution is 7.86. The molecule has 0 saturated heterocycles. The lowest BCUT2D eigenvalue weighted by Crippen LogP contribution is -2.37. The number of methoxy groups -OCH3 is 1. The lowest BCUT2D eigenvalue weighted by molar-refractivity contribution is 0.130. The van der Waals surface area contributed by atoms with Crippen LogP contribution < -0.4 is 10.5 Å². The van der Waals surface area contributed by atoms with Gasteiger partial charge in [-0.1, -0.05) is 12.1 Å². The van der Waals surface area contributed by atoms with Crippen molar-refractivity contribution in [3.63, 3.8) is 0 Å². The van der Waals surface area contributed by atoms with Crippen LogP contribution in [0.5, 0.6) is 5.75 Å². The smallest absolute Gasteiger partial charge is 0.264 e. The first-order chi connectivity index (χ1) is 9.39. The van der Waals surface area contributed by atoms with Gasteiger partial charge in [-0.05, 0) is 37.0 Å². The molecule has 112 valence electrons. The summed E-state index contributed by atoms with van der Waals surface area (Å²) in [5.41, 5.74) is 7.03. The Balaban J connectivity index is 2.27. The van der Waals surface area contributed by atoms with Crippen LogP contribution in [0.15, 0.2) is 24.3 Å². The van der Waals surface area contributed by atoms with Crippen LogP contribution in [0.3, 0.4) is 0 Å². The number of rotatable bonds is 4. The Labute approximate surface area is 120 Å². The van der Waals surface area contributed by atoms with E-state index in [0.717, 1.165) is 24.0 Å². The molecule has 1 aromatic rings. The molecule has 0 amide bonds. The highest BCUT2D eigenvalue weighted by Crippen LogP contribution is 2.36. The van der Waals surface area contributed by atoms with Crippen LogP contribution in [-0.4, -0.2) is 33.9 Å². The van der Waals surface area contributed by atoms with Gasteiger partial charge in [0.25, 0.3) is 10.1 Å². The van der Waals surface area contributed by atoms with Gasteiger partial charge in [0.2, 0.25) is 0 Å². The fraction of sp³-hybridized carbons (Fsp3) is 0.571. The second kappa shape index (κ2) is 6.11. The predicted molar refractivity (Wildman–Crippen MR) is 77.3 cm³/mol. The minimum Gasteiger partial charge on any atom is -0.497 e. The van der Waals surface area contributed by atoms with E-state index >= 15 is 0 Å². The largest absolute Gasteiger partial charge is 0.497 e. The summed E-state index contributed by atoms with van der Waals surface area (Å²) >= 11 is 0. The molecule has 0 aliphatic heterocycles. The normalized spacial score (nSPS) is 27.2. The maximum absolute atomic E-state index is 11.4. The molecule has 3 atom stereocenters. The number of nitrogens with two attached hydrogens (primary N) is 1. The molecule has 20 heavy (non-hydrogen) atoms. The molecule has 2 N–H and O–H groups in total. The van der Waals surface area contributed by atoms with E-state index in [4.69, 9.17) is 14.7 Å². The molecule has 0 heterocycles. The Morgan fingerprint density at radius 2 is 2.05 bits per heavy atom. The lowest BCUT2D eigenvalue weighted by Gasteiger charge is -2.34. The third kappa shape index (κ3) is 3.94. The van der Waals surface area contributed by atoms with E-state index in [1.165, 1.54) is 0 Å². The van der Waals surface area contributed by atoms with Crippen LogP contribution in [-0.2, 0) is 14.3 Å². The zero-order valence-corrected chi connectivity index (χ0v) is 12.6. The van der Waals surface area contributed by atoms with Crippen molar-refractivity contribution in [2.45, 2.75) is 37.3 Å². The Morgan fingerprint density at radius 1 is 1.30 bits per heavy atom. The molecular weight excluding hydrogens is 278 g/mol. The Bertz CT molecular complexity index is 558. The SMILES string of the molecule is COc1cccc([C@@H]2C[C@H](N)CC[C@H]2OS(C)(=O)=O)c1. The fourth-order valence-corrected chi connectivity index (χ4v) is 3.42. The molecule has 1 saturated carbocycles. The van der Waals surface area contributed by atoms with Gasteiger partial charge in [0.1, 0.15) is 5.75 Å². The van der Waals surface area contributed by atoms with Crippen LogP contribution in [0.25, 0.3) is 0 Å². The Hall–Kier alpha value is -1.11. The maximum atomic E-state index is 11.4. The summed E-state index contributed by atoms with van der Waals surface area (Å²) in [5.74, 6) is 0.725. The summed E-state index contributed by atoms with van der Waals surface area (Å²) in [6, 6.07) is 7.71. The second-order valence-electron chi connectivity index (χ2n) is 5.30. The minimum atomic E-state index is -3.47. The van der Waals surface area contributed by atoms with Gasteiger partial charge < -0.3 is 10.5 Å². The van der Waals surface area contributed by atoms with E-state index in [2.05, 4.69) is 0 Å². The monoisotopic (exact) mass is 299 g/mol. The van der Waals surface area contributed by atoms with E-state index in [9.17, 15) is 8.42 Å². The molecule has 0 radical (unpaired) electrons.